The average Bonchev–Trinajstić information content (AvgIpc) is 2.37. The summed E-state index contributed by atoms with van der Waals surface area (Å²) in [4.78, 5) is 0. The van der Waals surface area contributed by atoms with Crippen molar-refractivity contribution in [3.05, 3.63) is 34.3 Å². The van der Waals surface area contributed by atoms with Gasteiger partial charge < -0.3 is 10.1 Å². The third-order valence-electron chi connectivity index (χ3n) is 3.16. The first-order valence-corrected chi connectivity index (χ1v) is 7.51. The molecule has 0 aliphatic carbocycles. The smallest absolute Gasteiger partial charge is 0.0724 e. The minimum absolute atomic E-state index is 0.274. The minimum Gasteiger partial charge on any atom is -0.380 e. The lowest BCUT2D eigenvalue weighted by atomic mass is 9.99. The van der Waals surface area contributed by atoms with Gasteiger partial charge in [0.05, 0.1) is 6.10 Å². The minimum atomic E-state index is 0.274. The van der Waals surface area contributed by atoms with E-state index in [4.69, 9.17) is 4.74 Å². The Morgan fingerprint density at radius 1 is 1.33 bits per heavy atom. The van der Waals surface area contributed by atoms with E-state index in [2.05, 4.69) is 59.4 Å². The summed E-state index contributed by atoms with van der Waals surface area (Å²) < 4.78 is 6.73. The van der Waals surface area contributed by atoms with Crippen LogP contribution in [0.1, 0.15) is 32.3 Å². The van der Waals surface area contributed by atoms with Gasteiger partial charge in [-0.3, -0.25) is 0 Å². The monoisotopic (exact) mass is 313 g/mol. The molecule has 0 amide bonds. The predicted octanol–water partition coefficient (Wildman–Crippen LogP) is 3.78. The lowest BCUT2D eigenvalue weighted by Gasteiger charge is -2.26. The number of nitrogens with one attached hydrogen (secondary N) is 1. The number of benzene rings is 1. The first-order chi connectivity index (χ1) is 8.71. The summed E-state index contributed by atoms with van der Waals surface area (Å²) in [5.74, 6) is 0. The first-order valence-electron chi connectivity index (χ1n) is 6.71. The SMILES string of the molecule is CCCNC(Cc1cccc(Br)c1)C(CC)OC. The molecule has 0 aliphatic rings. The number of rotatable bonds is 8. The standard InChI is InChI=1S/C15H24BrNO/c1-4-9-17-14(15(5-2)18-3)11-12-7-6-8-13(16)10-12/h6-8,10,14-15,17H,4-5,9,11H2,1-3H3. The van der Waals surface area contributed by atoms with Crippen LogP contribution in [0.5, 0.6) is 0 Å². The highest BCUT2D eigenvalue weighted by atomic mass is 79.9. The number of ether oxygens (including phenoxy) is 1. The van der Waals surface area contributed by atoms with Crippen LogP contribution in [-0.2, 0) is 11.2 Å². The van der Waals surface area contributed by atoms with Gasteiger partial charge in [0, 0.05) is 17.6 Å². The quantitative estimate of drug-likeness (QED) is 0.788. The molecule has 0 saturated heterocycles. The third-order valence-corrected chi connectivity index (χ3v) is 3.65. The van der Waals surface area contributed by atoms with E-state index in [0.29, 0.717) is 6.04 Å². The molecule has 2 atom stereocenters. The molecule has 0 heterocycles. The predicted molar refractivity (Wildman–Crippen MR) is 81.0 cm³/mol. The van der Waals surface area contributed by atoms with Gasteiger partial charge in [-0.1, -0.05) is 41.9 Å². The molecule has 1 aromatic rings. The Hall–Kier alpha value is -0.380. The third kappa shape index (κ3) is 5.09. The molecule has 0 aromatic heterocycles. The Bertz CT molecular complexity index is 339. The molecule has 102 valence electrons. The van der Waals surface area contributed by atoms with Gasteiger partial charge in [0.1, 0.15) is 0 Å². The van der Waals surface area contributed by atoms with E-state index < -0.39 is 0 Å². The molecule has 2 unspecified atom stereocenters. The summed E-state index contributed by atoms with van der Waals surface area (Å²) >= 11 is 3.52. The fourth-order valence-corrected chi connectivity index (χ4v) is 2.64. The molecule has 3 heteroatoms. The largest absolute Gasteiger partial charge is 0.380 e. The van der Waals surface area contributed by atoms with E-state index in [1.54, 1.807) is 7.11 Å². The van der Waals surface area contributed by atoms with Crippen molar-refractivity contribution in [3.8, 4) is 0 Å². The van der Waals surface area contributed by atoms with Crippen molar-refractivity contribution < 1.29 is 4.74 Å². The number of halogens is 1. The normalized spacial score (nSPS) is 14.4. The van der Waals surface area contributed by atoms with Gasteiger partial charge >= 0.3 is 0 Å². The van der Waals surface area contributed by atoms with Crippen molar-refractivity contribution in [2.75, 3.05) is 13.7 Å². The average molecular weight is 314 g/mol. The summed E-state index contributed by atoms with van der Waals surface area (Å²) in [7, 11) is 1.80. The van der Waals surface area contributed by atoms with Gasteiger partial charge in [0.15, 0.2) is 0 Å². The molecule has 18 heavy (non-hydrogen) atoms. The van der Waals surface area contributed by atoms with Gasteiger partial charge in [-0.05, 0) is 43.5 Å². The van der Waals surface area contributed by atoms with Gasteiger partial charge in [0.2, 0.25) is 0 Å². The molecular weight excluding hydrogens is 290 g/mol. The van der Waals surface area contributed by atoms with Gasteiger partial charge in [0.25, 0.3) is 0 Å². The van der Waals surface area contributed by atoms with E-state index in [0.717, 1.165) is 30.3 Å². The van der Waals surface area contributed by atoms with Crippen LogP contribution in [-0.4, -0.2) is 25.8 Å². The van der Waals surface area contributed by atoms with Gasteiger partial charge in [-0.25, -0.2) is 0 Å². The maximum Gasteiger partial charge on any atom is 0.0724 e. The van der Waals surface area contributed by atoms with Crippen LogP contribution in [0.2, 0.25) is 0 Å². The second-order valence-corrected chi connectivity index (χ2v) is 5.49. The lowest BCUT2D eigenvalue weighted by molar-refractivity contribution is 0.0653. The molecule has 0 aliphatic heterocycles. The summed E-state index contributed by atoms with van der Waals surface area (Å²) in [6.07, 6.45) is 3.46. The van der Waals surface area contributed by atoms with Gasteiger partial charge in [-0.2, -0.15) is 0 Å². The Balaban J connectivity index is 2.70. The fourth-order valence-electron chi connectivity index (χ4n) is 2.20. The first kappa shape index (κ1) is 15.7. The van der Waals surface area contributed by atoms with Crippen LogP contribution >= 0.6 is 15.9 Å². The number of methoxy groups -OCH3 is 1. The highest BCUT2D eigenvalue weighted by Crippen LogP contribution is 2.15. The molecule has 1 N–H and O–H groups in total. The van der Waals surface area contributed by atoms with E-state index in [-0.39, 0.29) is 6.10 Å². The Labute approximate surface area is 119 Å². The Morgan fingerprint density at radius 2 is 2.11 bits per heavy atom. The maximum absolute atomic E-state index is 5.59. The second-order valence-electron chi connectivity index (χ2n) is 4.58. The fraction of sp³-hybridized carbons (Fsp3) is 0.600. The van der Waals surface area contributed by atoms with E-state index >= 15 is 0 Å². The van der Waals surface area contributed by atoms with E-state index in [1.165, 1.54) is 5.56 Å². The molecule has 0 spiro atoms. The van der Waals surface area contributed by atoms with Crippen LogP contribution in [0.4, 0.5) is 0 Å². The zero-order chi connectivity index (χ0) is 13.4. The van der Waals surface area contributed by atoms with Crippen LogP contribution in [0, 0.1) is 0 Å². The summed E-state index contributed by atoms with van der Waals surface area (Å²) in [6, 6.07) is 8.89. The van der Waals surface area contributed by atoms with E-state index in [1.807, 2.05) is 0 Å². The maximum atomic E-state index is 5.59. The van der Waals surface area contributed by atoms with Crippen molar-refractivity contribution in [2.45, 2.75) is 45.3 Å². The van der Waals surface area contributed by atoms with Crippen molar-refractivity contribution in [2.24, 2.45) is 0 Å². The molecule has 2 nitrogen and oxygen atoms in total. The number of hydrogen-bond donors (Lipinski definition) is 1. The highest BCUT2D eigenvalue weighted by molar-refractivity contribution is 9.10. The molecule has 0 fully saturated rings. The summed E-state index contributed by atoms with van der Waals surface area (Å²) in [6.45, 7) is 5.41. The topological polar surface area (TPSA) is 21.3 Å². The van der Waals surface area contributed by atoms with Crippen LogP contribution in [0.15, 0.2) is 28.7 Å². The van der Waals surface area contributed by atoms with Crippen molar-refractivity contribution in [3.63, 3.8) is 0 Å². The zero-order valence-electron chi connectivity index (χ0n) is 11.6. The molecule has 0 saturated carbocycles. The molecule has 1 rings (SSSR count). The lowest BCUT2D eigenvalue weighted by Crippen LogP contribution is -2.42. The van der Waals surface area contributed by atoms with Gasteiger partial charge in [-0.15, -0.1) is 0 Å². The summed E-state index contributed by atoms with van der Waals surface area (Å²) in [5, 5.41) is 3.60. The zero-order valence-corrected chi connectivity index (χ0v) is 13.2. The second kappa shape index (κ2) is 8.68. The Kier molecular flexibility index (Phi) is 7.56. The highest BCUT2D eigenvalue weighted by Gasteiger charge is 2.19. The van der Waals surface area contributed by atoms with Crippen molar-refractivity contribution in [1.29, 1.82) is 0 Å². The van der Waals surface area contributed by atoms with Crippen LogP contribution < -0.4 is 5.32 Å². The molecule has 1 aromatic carbocycles. The van der Waals surface area contributed by atoms with Crippen molar-refractivity contribution >= 4 is 15.9 Å². The Morgan fingerprint density at radius 3 is 2.67 bits per heavy atom. The molecule has 0 bridgehead atoms. The van der Waals surface area contributed by atoms with E-state index in [9.17, 15) is 0 Å². The number of hydrogen-bond acceptors (Lipinski definition) is 2. The van der Waals surface area contributed by atoms with Crippen LogP contribution in [0.3, 0.4) is 0 Å². The van der Waals surface area contributed by atoms with Crippen LogP contribution in [0.25, 0.3) is 0 Å². The van der Waals surface area contributed by atoms with Crippen molar-refractivity contribution in [1.82, 2.24) is 5.32 Å². The molecular formula is C15H24BrNO. The molecule has 0 radical (unpaired) electrons. The summed E-state index contributed by atoms with van der Waals surface area (Å²) in [5.41, 5.74) is 1.34.